The first-order valence-electron chi connectivity index (χ1n) is 11.0. The number of aryl methyl sites for hydroxylation is 4. The van der Waals surface area contributed by atoms with Crippen molar-refractivity contribution in [3.63, 3.8) is 0 Å². The Morgan fingerprint density at radius 1 is 1.03 bits per heavy atom. The molecule has 0 spiro atoms. The van der Waals surface area contributed by atoms with Crippen molar-refractivity contribution in [2.24, 2.45) is 0 Å². The first kappa shape index (κ1) is 24.2. The van der Waals surface area contributed by atoms with Crippen molar-refractivity contribution < 1.29 is 9.53 Å². The van der Waals surface area contributed by atoms with E-state index in [-0.39, 0.29) is 5.91 Å². The Balaban J connectivity index is 1.44. The Morgan fingerprint density at radius 2 is 1.74 bits per heavy atom. The van der Waals surface area contributed by atoms with Gasteiger partial charge in [0.1, 0.15) is 19.0 Å². The van der Waals surface area contributed by atoms with Gasteiger partial charge in [-0.1, -0.05) is 12.1 Å². The van der Waals surface area contributed by atoms with Gasteiger partial charge in [-0.15, -0.1) is 11.3 Å². The third kappa shape index (κ3) is 4.95. The number of ether oxygens (including phenoxy) is 1. The van der Waals surface area contributed by atoms with Crippen molar-refractivity contribution in [1.29, 1.82) is 0 Å². The summed E-state index contributed by atoms with van der Waals surface area (Å²) in [5.41, 5.74) is 7.55. The lowest BCUT2D eigenvalue weighted by atomic mass is 10.1. The second-order valence-corrected chi connectivity index (χ2v) is 10.2. The molecule has 0 aliphatic heterocycles. The molecule has 7 nitrogen and oxygen atoms in total. The third-order valence-corrected chi connectivity index (χ3v) is 7.92. The molecule has 3 aromatic heterocycles. The summed E-state index contributed by atoms with van der Waals surface area (Å²) in [7, 11) is 0. The summed E-state index contributed by atoms with van der Waals surface area (Å²) in [5.74, 6) is 0.716. The maximum atomic E-state index is 13.0. The van der Waals surface area contributed by atoms with E-state index in [2.05, 4.69) is 43.6 Å². The molecule has 178 valence electrons. The van der Waals surface area contributed by atoms with Gasteiger partial charge in [0.25, 0.3) is 5.91 Å². The molecule has 34 heavy (non-hydrogen) atoms. The van der Waals surface area contributed by atoms with E-state index in [4.69, 9.17) is 4.74 Å². The maximum absolute atomic E-state index is 13.0. The molecule has 0 radical (unpaired) electrons. The highest BCUT2D eigenvalue weighted by Crippen LogP contribution is 2.25. The lowest BCUT2D eigenvalue weighted by Gasteiger charge is -2.09. The lowest BCUT2D eigenvalue weighted by molar-refractivity contribution is 0.103. The zero-order chi connectivity index (χ0) is 24.6. The highest BCUT2D eigenvalue weighted by molar-refractivity contribution is 9.10. The molecule has 4 aromatic rings. The second kappa shape index (κ2) is 9.76. The van der Waals surface area contributed by atoms with E-state index in [1.807, 2.05) is 68.4 Å². The van der Waals surface area contributed by atoms with Crippen molar-refractivity contribution in [3.8, 4) is 5.75 Å². The van der Waals surface area contributed by atoms with Crippen molar-refractivity contribution in [2.75, 3.05) is 5.32 Å². The number of rotatable bonds is 7. The largest absolute Gasteiger partial charge is 0.489 e. The Bertz CT molecular complexity index is 1370. The van der Waals surface area contributed by atoms with E-state index < -0.39 is 0 Å². The minimum atomic E-state index is -0.150. The van der Waals surface area contributed by atoms with Crippen molar-refractivity contribution >= 4 is 38.9 Å². The number of carbonyl (C=O) groups excluding carboxylic acids is 1. The fraction of sp³-hybridized carbons (Fsp3) is 0.320. The number of amides is 1. The molecule has 0 saturated heterocycles. The number of hydrogen-bond acceptors (Lipinski definition) is 5. The van der Waals surface area contributed by atoms with Gasteiger partial charge in [0.2, 0.25) is 0 Å². The summed E-state index contributed by atoms with van der Waals surface area (Å²) in [5, 5.41) is 14.2. The van der Waals surface area contributed by atoms with Gasteiger partial charge in [-0.2, -0.15) is 10.2 Å². The van der Waals surface area contributed by atoms with Crippen LogP contribution in [0.15, 0.2) is 34.1 Å². The van der Waals surface area contributed by atoms with Gasteiger partial charge in [0, 0.05) is 5.56 Å². The molecular formula is C25H28BrN5O2S. The van der Waals surface area contributed by atoms with Crippen LogP contribution in [0.1, 0.15) is 49.1 Å². The molecule has 9 heteroatoms. The van der Waals surface area contributed by atoms with Gasteiger partial charge in [-0.05, 0) is 86.1 Å². The first-order chi connectivity index (χ1) is 16.1. The minimum absolute atomic E-state index is 0.150. The molecule has 1 aromatic carbocycles. The van der Waals surface area contributed by atoms with Gasteiger partial charge in [-0.25, -0.2) is 9.36 Å². The van der Waals surface area contributed by atoms with Crippen LogP contribution in [0, 0.1) is 41.5 Å². The number of nitrogens with zero attached hydrogens (tertiary/aromatic N) is 4. The van der Waals surface area contributed by atoms with Gasteiger partial charge >= 0.3 is 0 Å². The van der Waals surface area contributed by atoms with Gasteiger partial charge in [-0.3, -0.25) is 4.79 Å². The number of halogens is 1. The second-order valence-electron chi connectivity index (χ2n) is 8.50. The lowest BCUT2D eigenvalue weighted by Crippen LogP contribution is -2.15. The molecule has 0 unspecified atom stereocenters. The average molecular weight is 543 g/mol. The fourth-order valence-electron chi connectivity index (χ4n) is 3.72. The molecule has 4 rings (SSSR count). The summed E-state index contributed by atoms with van der Waals surface area (Å²) < 4.78 is 10.7. The van der Waals surface area contributed by atoms with Crippen LogP contribution in [-0.4, -0.2) is 25.5 Å². The predicted molar refractivity (Wildman–Crippen MR) is 139 cm³/mol. The van der Waals surface area contributed by atoms with Crippen molar-refractivity contribution in [2.45, 2.75) is 54.8 Å². The Morgan fingerprint density at radius 3 is 2.44 bits per heavy atom. The SMILES string of the molecule is Cc1ccc(C)c(OCc2csc(C(=O)Nc3c(C)nn(Cn4nc(C)c(Br)c4C)c3C)c2)c1. The number of carbonyl (C=O) groups is 1. The van der Waals surface area contributed by atoms with Crippen LogP contribution >= 0.6 is 27.3 Å². The summed E-state index contributed by atoms with van der Waals surface area (Å²) in [6.07, 6.45) is 0. The van der Waals surface area contributed by atoms with E-state index in [1.54, 1.807) is 0 Å². The van der Waals surface area contributed by atoms with Gasteiger partial charge in [0.15, 0.2) is 0 Å². The van der Waals surface area contributed by atoms with E-state index in [9.17, 15) is 4.79 Å². The fourth-order valence-corrected chi connectivity index (χ4v) is 4.80. The zero-order valence-corrected chi connectivity index (χ0v) is 22.6. The monoisotopic (exact) mass is 541 g/mol. The highest BCUT2D eigenvalue weighted by atomic mass is 79.9. The minimum Gasteiger partial charge on any atom is -0.489 e. The quantitative estimate of drug-likeness (QED) is 0.307. The zero-order valence-electron chi connectivity index (χ0n) is 20.2. The van der Waals surface area contributed by atoms with Crippen molar-refractivity contribution in [1.82, 2.24) is 19.6 Å². The van der Waals surface area contributed by atoms with Crippen molar-refractivity contribution in [3.05, 3.63) is 78.5 Å². The van der Waals surface area contributed by atoms with E-state index >= 15 is 0 Å². The topological polar surface area (TPSA) is 74.0 Å². The molecular weight excluding hydrogens is 514 g/mol. The predicted octanol–water partition coefficient (Wildman–Crippen LogP) is 6.09. The molecule has 0 bridgehead atoms. The molecule has 0 saturated carbocycles. The molecule has 1 N–H and O–H groups in total. The molecule has 0 aliphatic carbocycles. The van der Waals surface area contributed by atoms with Crippen LogP contribution in [0.25, 0.3) is 0 Å². The van der Waals surface area contributed by atoms with E-state index in [1.165, 1.54) is 11.3 Å². The first-order valence-corrected chi connectivity index (χ1v) is 12.6. The number of nitrogens with one attached hydrogen (secondary N) is 1. The van der Waals surface area contributed by atoms with Crippen LogP contribution in [0.2, 0.25) is 0 Å². The molecule has 0 fully saturated rings. The summed E-state index contributed by atoms with van der Waals surface area (Å²) >= 11 is 4.97. The smallest absolute Gasteiger partial charge is 0.265 e. The van der Waals surface area contributed by atoms with Gasteiger partial charge < -0.3 is 10.1 Å². The number of benzene rings is 1. The van der Waals surface area contributed by atoms with E-state index in [0.29, 0.717) is 18.2 Å². The summed E-state index contributed by atoms with van der Waals surface area (Å²) in [6, 6.07) is 8.03. The molecule has 3 heterocycles. The Hall–Kier alpha value is -2.91. The van der Waals surface area contributed by atoms with E-state index in [0.717, 1.165) is 55.4 Å². The maximum Gasteiger partial charge on any atom is 0.265 e. The number of thiophene rings is 1. The summed E-state index contributed by atoms with van der Waals surface area (Å²) in [4.78, 5) is 13.6. The normalized spacial score (nSPS) is 11.1. The van der Waals surface area contributed by atoms with Gasteiger partial charge in [0.05, 0.1) is 37.8 Å². The number of hydrogen-bond donors (Lipinski definition) is 1. The third-order valence-electron chi connectivity index (χ3n) is 5.80. The average Bonchev–Trinajstić information content (AvgIpc) is 3.45. The van der Waals surface area contributed by atoms with Crippen LogP contribution in [0.3, 0.4) is 0 Å². The standard InChI is InChI=1S/C25H28BrN5O2S/c1-14-7-8-15(2)21(9-14)33-11-20-10-22(34-12-20)25(32)27-24-17(4)29-31(19(24)6)13-30-18(5)23(26)16(3)28-30/h7-10,12H,11,13H2,1-6H3,(H,27,32). The number of anilines is 1. The molecule has 0 atom stereocenters. The van der Waals surface area contributed by atoms with Crippen LogP contribution in [-0.2, 0) is 13.3 Å². The summed E-state index contributed by atoms with van der Waals surface area (Å²) in [6.45, 7) is 12.8. The molecule has 0 aliphatic rings. The number of aromatic nitrogens is 4. The Labute approximate surface area is 211 Å². The van der Waals surface area contributed by atoms with Crippen LogP contribution in [0.5, 0.6) is 5.75 Å². The molecule has 1 amide bonds. The Kier molecular flexibility index (Phi) is 6.95. The highest BCUT2D eigenvalue weighted by Gasteiger charge is 2.18. The van der Waals surface area contributed by atoms with Crippen LogP contribution in [0.4, 0.5) is 5.69 Å². The van der Waals surface area contributed by atoms with Crippen LogP contribution < -0.4 is 10.1 Å².